The third-order valence-corrected chi connectivity index (χ3v) is 6.06. The summed E-state index contributed by atoms with van der Waals surface area (Å²) in [4.78, 5) is 40.2. The molecular formula is C21H25ClF3N3O5. The summed E-state index contributed by atoms with van der Waals surface area (Å²) in [5.74, 6) is -0.789. The van der Waals surface area contributed by atoms with Gasteiger partial charge in [0.1, 0.15) is 5.54 Å². The standard InChI is InChI=1S/C21H25ClF3N3O5/c1-20(18(30)28(19(31)26-20)5-6-33-8-7-32-2)4-3-17(29)27-11-13-9-15(21(23,24)25)16(22)10-14(13)12-27/h9-10H,3-8,11-12H2,1-2H3,(H,26,31)/t20-/m1/s1. The fourth-order valence-corrected chi connectivity index (χ4v) is 4.14. The van der Waals surface area contributed by atoms with Gasteiger partial charge in [-0.1, -0.05) is 11.6 Å². The van der Waals surface area contributed by atoms with Crippen LogP contribution in [0.25, 0.3) is 0 Å². The number of nitrogens with zero attached hydrogens (tertiary/aromatic N) is 2. The van der Waals surface area contributed by atoms with Gasteiger partial charge in [-0.25, -0.2) is 4.79 Å². The Balaban J connectivity index is 1.56. The normalized spacial score (nSPS) is 20.4. The lowest BCUT2D eigenvalue weighted by molar-refractivity contribution is -0.137. The van der Waals surface area contributed by atoms with Gasteiger partial charge < -0.3 is 19.7 Å². The summed E-state index contributed by atoms with van der Waals surface area (Å²) in [6.45, 7) is 2.66. The Kier molecular flexibility index (Phi) is 7.55. The Morgan fingerprint density at radius 3 is 2.48 bits per heavy atom. The fraction of sp³-hybridized carbons (Fsp3) is 0.571. The molecule has 0 bridgehead atoms. The van der Waals surface area contributed by atoms with Crippen molar-refractivity contribution in [3.63, 3.8) is 0 Å². The number of nitrogens with one attached hydrogen (secondary N) is 1. The zero-order valence-electron chi connectivity index (χ0n) is 18.3. The van der Waals surface area contributed by atoms with Gasteiger partial charge in [0.25, 0.3) is 5.91 Å². The number of hydrogen-bond acceptors (Lipinski definition) is 5. The van der Waals surface area contributed by atoms with Crippen molar-refractivity contribution in [1.29, 1.82) is 0 Å². The van der Waals surface area contributed by atoms with Gasteiger partial charge >= 0.3 is 12.2 Å². The SMILES string of the molecule is COCCOCCN1C(=O)N[C@](C)(CCC(=O)N2Cc3cc(Cl)c(C(F)(F)F)cc3C2)C1=O. The number of rotatable bonds is 9. The van der Waals surface area contributed by atoms with Crippen molar-refractivity contribution >= 4 is 29.4 Å². The summed E-state index contributed by atoms with van der Waals surface area (Å²) in [5.41, 5.74) is -1.25. The number of alkyl halides is 3. The molecule has 8 nitrogen and oxygen atoms in total. The second-order valence-electron chi connectivity index (χ2n) is 8.17. The highest BCUT2D eigenvalue weighted by Crippen LogP contribution is 2.38. The van der Waals surface area contributed by atoms with E-state index in [1.165, 1.54) is 18.1 Å². The van der Waals surface area contributed by atoms with Crippen molar-refractivity contribution < 1.29 is 37.0 Å². The molecule has 0 radical (unpaired) electrons. The lowest BCUT2D eigenvalue weighted by atomic mass is 9.95. The van der Waals surface area contributed by atoms with Gasteiger partial charge in [-0.3, -0.25) is 14.5 Å². The number of fused-ring (bicyclic) bond motifs is 1. The van der Waals surface area contributed by atoms with Crippen molar-refractivity contribution in [3.05, 3.63) is 33.8 Å². The van der Waals surface area contributed by atoms with Crippen LogP contribution in [0.15, 0.2) is 12.1 Å². The maximum absolute atomic E-state index is 13.1. The molecule has 0 saturated carbocycles. The number of carbonyl (C=O) groups is 3. The molecule has 33 heavy (non-hydrogen) atoms. The Bertz CT molecular complexity index is 942. The van der Waals surface area contributed by atoms with Crippen molar-refractivity contribution in [2.24, 2.45) is 0 Å². The second kappa shape index (κ2) is 9.86. The predicted octanol–water partition coefficient (Wildman–Crippen LogP) is 2.95. The largest absolute Gasteiger partial charge is 0.417 e. The first-order chi connectivity index (χ1) is 15.5. The van der Waals surface area contributed by atoms with Crippen molar-refractivity contribution in [3.8, 4) is 0 Å². The fourth-order valence-electron chi connectivity index (χ4n) is 3.85. The van der Waals surface area contributed by atoms with E-state index in [-0.39, 0.29) is 45.0 Å². The van der Waals surface area contributed by atoms with Gasteiger partial charge in [0.2, 0.25) is 5.91 Å². The number of methoxy groups -OCH3 is 1. The molecule has 1 fully saturated rings. The van der Waals surface area contributed by atoms with Gasteiger partial charge in [0.05, 0.1) is 37.0 Å². The van der Waals surface area contributed by atoms with E-state index in [9.17, 15) is 27.6 Å². The van der Waals surface area contributed by atoms with Crippen LogP contribution in [-0.2, 0) is 38.3 Å². The molecule has 2 aliphatic heterocycles. The van der Waals surface area contributed by atoms with Crippen LogP contribution in [0.3, 0.4) is 0 Å². The van der Waals surface area contributed by atoms with E-state index in [2.05, 4.69) is 5.32 Å². The molecular weight excluding hydrogens is 467 g/mol. The van der Waals surface area contributed by atoms with Crippen LogP contribution in [0, 0.1) is 0 Å². The minimum atomic E-state index is -4.58. The summed E-state index contributed by atoms with van der Waals surface area (Å²) in [6, 6.07) is 1.65. The van der Waals surface area contributed by atoms with Crippen LogP contribution in [0.5, 0.6) is 0 Å². The molecule has 1 aromatic carbocycles. The number of amides is 4. The third kappa shape index (κ3) is 5.59. The molecule has 1 atom stereocenters. The Morgan fingerprint density at radius 2 is 1.85 bits per heavy atom. The highest BCUT2D eigenvalue weighted by molar-refractivity contribution is 6.31. The van der Waals surface area contributed by atoms with Gasteiger partial charge in [-0.05, 0) is 36.6 Å². The number of hydrogen-bond donors (Lipinski definition) is 1. The quantitative estimate of drug-likeness (QED) is 0.424. The van der Waals surface area contributed by atoms with Crippen molar-refractivity contribution in [2.45, 2.75) is 44.6 Å². The van der Waals surface area contributed by atoms with Crippen LogP contribution >= 0.6 is 11.6 Å². The van der Waals surface area contributed by atoms with Crippen LogP contribution in [0.4, 0.5) is 18.0 Å². The predicted molar refractivity (Wildman–Crippen MR) is 111 cm³/mol. The molecule has 1 N–H and O–H groups in total. The van der Waals surface area contributed by atoms with E-state index < -0.39 is 34.2 Å². The molecule has 1 saturated heterocycles. The average molecular weight is 492 g/mol. The van der Waals surface area contributed by atoms with E-state index in [1.54, 1.807) is 6.92 Å². The van der Waals surface area contributed by atoms with Crippen LogP contribution < -0.4 is 5.32 Å². The lowest BCUT2D eigenvalue weighted by Crippen LogP contribution is -2.45. The molecule has 2 aliphatic rings. The van der Waals surface area contributed by atoms with Crippen molar-refractivity contribution in [2.75, 3.05) is 33.5 Å². The van der Waals surface area contributed by atoms with E-state index in [4.69, 9.17) is 21.1 Å². The smallest absolute Gasteiger partial charge is 0.382 e. The highest BCUT2D eigenvalue weighted by atomic mass is 35.5. The summed E-state index contributed by atoms with van der Waals surface area (Å²) < 4.78 is 49.4. The summed E-state index contributed by atoms with van der Waals surface area (Å²) in [6.07, 6.45) is -4.59. The molecule has 182 valence electrons. The van der Waals surface area contributed by atoms with E-state index in [1.807, 2.05) is 0 Å². The third-order valence-electron chi connectivity index (χ3n) is 5.74. The highest BCUT2D eigenvalue weighted by Gasteiger charge is 2.47. The maximum atomic E-state index is 13.1. The zero-order chi connectivity index (χ0) is 24.4. The summed E-state index contributed by atoms with van der Waals surface area (Å²) in [7, 11) is 1.53. The first-order valence-electron chi connectivity index (χ1n) is 10.3. The second-order valence-corrected chi connectivity index (χ2v) is 8.58. The average Bonchev–Trinajstić information content (AvgIpc) is 3.24. The first kappa shape index (κ1) is 25.3. The zero-order valence-corrected chi connectivity index (χ0v) is 19.0. The van der Waals surface area contributed by atoms with Crippen molar-refractivity contribution in [1.82, 2.24) is 15.1 Å². The van der Waals surface area contributed by atoms with Gasteiger partial charge in [0, 0.05) is 26.6 Å². The molecule has 0 unspecified atom stereocenters. The van der Waals surface area contributed by atoms with Gasteiger partial charge in [-0.2, -0.15) is 13.2 Å². The molecule has 12 heteroatoms. The summed E-state index contributed by atoms with van der Waals surface area (Å²) >= 11 is 5.77. The van der Waals surface area contributed by atoms with Crippen LogP contribution in [0.2, 0.25) is 5.02 Å². The molecule has 0 spiro atoms. The molecule has 2 heterocycles. The number of urea groups is 1. The number of ether oxygens (including phenoxy) is 2. The topological polar surface area (TPSA) is 88.2 Å². The van der Waals surface area contributed by atoms with E-state index in [0.29, 0.717) is 24.3 Å². The van der Waals surface area contributed by atoms with Crippen LogP contribution in [0.1, 0.15) is 36.5 Å². The molecule has 4 amide bonds. The monoisotopic (exact) mass is 491 g/mol. The number of halogens is 4. The van der Waals surface area contributed by atoms with Crippen LogP contribution in [-0.4, -0.2) is 66.7 Å². The van der Waals surface area contributed by atoms with Gasteiger partial charge in [0.15, 0.2) is 0 Å². The molecule has 1 aromatic rings. The molecule has 0 aliphatic carbocycles. The summed E-state index contributed by atoms with van der Waals surface area (Å²) in [5, 5.41) is 2.21. The maximum Gasteiger partial charge on any atom is 0.417 e. The van der Waals surface area contributed by atoms with E-state index >= 15 is 0 Å². The van der Waals surface area contributed by atoms with E-state index in [0.717, 1.165) is 11.0 Å². The Hall–Kier alpha value is -2.37. The number of carbonyl (C=O) groups excluding carboxylic acids is 3. The first-order valence-corrected chi connectivity index (χ1v) is 10.7. The lowest BCUT2D eigenvalue weighted by Gasteiger charge is -2.23. The number of benzene rings is 1. The minimum Gasteiger partial charge on any atom is -0.382 e. The minimum absolute atomic E-state index is 0.0242. The molecule has 3 rings (SSSR count). The molecule has 0 aromatic heterocycles. The van der Waals surface area contributed by atoms with Gasteiger partial charge in [-0.15, -0.1) is 0 Å². The number of imide groups is 1. The Morgan fingerprint density at radius 1 is 1.18 bits per heavy atom. The Labute approximate surface area is 193 Å².